The van der Waals surface area contributed by atoms with Gasteiger partial charge < -0.3 is 15.3 Å². The molecule has 1 aromatic rings. The van der Waals surface area contributed by atoms with Crippen molar-refractivity contribution in [3.8, 4) is 5.75 Å². The number of carbonyl (C=O) groups excluding carboxylic acids is 1. The number of aromatic hydroxyl groups is 1. The number of nitrogens with zero attached hydrogens (tertiary/aromatic N) is 1. The van der Waals surface area contributed by atoms with Crippen LogP contribution in [0.2, 0.25) is 0 Å². The molecule has 1 aliphatic rings. The van der Waals surface area contributed by atoms with Gasteiger partial charge in [-0.15, -0.1) is 0 Å². The van der Waals surface area contributed by atoms with Gasteiger partial charge in [0.25, 0.3) is 0 Å². The first-order chi connectivity index (χ1) is 7.25. The Morgan fingerprint density at radius 2 is 1.80 bits per heavy atom. The fourth-order valence-corrected chi connectivity index (χ4v) is 1.67. The zero-order valence-corrected chi connectivity index (χ0v) is 8.44. The number of rotatable bonds is 1. The molecule has 2 N–H and O–H groups in total. The predicted octanol–water partition coefficient (Wildman–Crippen LogP) is 2.02. The molecule has 1 fully saturated rings. The van der Waals surface area contributed by atoms with Crippen LogP contribution in [-0.2, 0) is 0 Å². The van der Waals surface area contributed by atoms with E-state index in [9.17, 15) is 4.79 Å². The van der Waals surface area contributed by atoms with Gasteiger partial charge in [-0.05, 0) is 37.1 Å². The molecule has 0 unspecified atom stereocenters. The third-order valence-corrected chi connectivity index (χ3v) is 2.51. The topological polar surface area (TPSA) is 52.6 Å². The fraction of sp³-hybridized carbons (Fsp3) is 0.364. The summed E-state index contributed by atoms with van der Waals surface area (Å²) in [5, 5.41) is 11.9. The van der Waals surface area contributed by atoms with Gasteiger partial charge in [0.15, 0.2) is 0 Å². The Kier molecular flexibility index (Phi) is 2.76. The molecule has 0 atom stereocenters. The number of phenolic OH excluding ortho intramolecular Hbond substituents is 1. The summed E-state index contributed by atoms with van der Waals surface area (Å²) >= 11 is 0. The fourth-order valence-electron chi connectivity index (χ4n) is 1.67. The van der Waals surface area contributed by atoms with E-state index in [2.05, 4.69) is 5.32 Å². The van der Waals surface area contributed by atoms with Crippen LogP contribution < -0.4 is 5.32 Å². The Morgan fingerprint density at radius 1 is 1.20 bits per heavy atom. The zero-order valence-electron chi connectivity index (χ0n) is 8.44. The van der Waals surface area contributed by atoms with E-state index < -0.39 is 0 Å². The second-order valence-corrected chi connectivity index (χ2v) is 3.67. The van der Waals surface area contributed by atoms with Gasteiger partial charge in [0.1, 0.15) is 5.75 Å². The lowest BCUT2D eigenvalue weighted by Gasteiger charge is -2.15. The highest BCUT2D eigenvalue weighted by Gasteiger charge is 2.17. The van der Waals surface area contributed by atoms with E-state index in [0.29, 0.717) is 5.69 Å². The van der Waals surface area contributed by atoms with E-state index in [4.69, 9.17) is 5.11 Å². The number of carbonyl (C=O) groups is 1. The van der Waals surface area contributed by atoms with E-state index in [0.717, 1.165) is 25.9 Å². The van der Waals surface area contributed by atoms with Crippen LogP contribution in [0.15, 0.2) is 24.3 Å². The molecule has 1 saturated heterocycles. The van der Waals surface area contributed by atoms with Crippen molar-refractivity contribution in [3.63, 3.8) is 0 Å². The van der Waals surface area contributed by atoms with Crippen LogP contribution in [-0.4, -0.2) is 29.1 Å². The van der Waals surface area contributed by atoms with Crippen molar-refractivity contribution in [2.45, 2.75) is 12.8 Å². The lowest BCUT2D eigenvalue weighted by Crippen LogP contribution is -2.32. The highest BCUT2D eigenvalue weighted by atomic mass is 16.3. The van der Waals surface area contributed by atoms with E-state index >= 15 is 0 Å². The lowest BCUT2D eigenvalue weighted by atomic mass is 10.3. The highest BCUT2D eigenvalue weighted by Crippen LogP contribution is 2.15. The molecule has 0 radical (unpaired) electrons. The Balaban J connectivity index is 1.96. The minimum atomic E-state index is -0.0572. The summed E-state index contributed by atoms with van der Waals surface area (Å²) in [6.45, 7) is 1.67. The van der Waals surface area contributed by atoms with Gasteiger partial charge in [0.05, 0.1) is 0 Å². The van der Waals surface area contributed by atoms with Crippen molar-refractivity contribution in [2.24, 2.45) is 0 Å². The highest BCUT2D eigenvalue weighted by molar-refractivity contribution is 5.89. The summed E-state index contributed by atoms with van der Waals surface area (Å²) < 4.78 is 0. The molecule has 4 nitrogen and oxygen atoms in total. The van der Waals surface area contributed by atoms with Crippen molar-refractivity contribution in [2.75, 3.05) is 18.4 Å². The number of phenols is 1. The molecular weight excluding hydrogens is 192 g/mol. The second kappa shape index (κ2) is 4.21. The standard InChI is InChI=1S/C11H14N2O2/c14-10-5-3-9(4-6-10)12-11(15)13-7-1-2-8-13/h3-6,14H,1-2,7-8H2,(H,12,15). The van der Waals surface area contributed by atoms with Crippen LogP contribution in [0, 0.1) is 0 Å². The van der Waals surface area contributed by atoms with Gasteiger partial charge in [-0.25, -0.2) is 4.79 Å². The Hall–Kier alpha value is -1.71. The average molecular weight is 206 g/mol. The molecule has 80 valence electrons. The van der Waals surface area contributed by atoms with Crippen LogP contribution in [0.1, 0.15) is 12.8 Å². The maximum Gasteiger partial charge on any atom is 0.321 e. The van der Waals surface area contributed by atoms with Crippen molar-refractivity contribution < 1.29 is 9.90 Å². The number of anilines is 1. The molecule has 1 aromatic carbocycles. The van der Waals surface area contributed by atoms with E-state index in [1.165, 1.54) is 0 Å². The Labute approximate surface area is 88.5 Å². The number of likely N-dealkylation sites (tertiary alicyclic amines) is 1. The minimum absolute atomic E-state index is 0.0572. The Bertz CT molecular complexity index is 342. The van der Waals surface area contributed by atoms with Gasteiger partial charge in [0, 0.05) is 18.8 Å². The minimum Gasteiger partial charge on any atom is -0.508 e. The molecule has 0 aromatic heterocycles. The largest absolute Gasteiger partial charge is 0.508 e. The number of hydrogen-bond acceptors (Lipinski definition) is 2. The summed E-state index contributed by atoms with van der Waals surface area (Å²) in [7, 11) is 0. The molecule has 1 heterocycles. The monoisotopic (exact) mass is 206 g/mol. The molecule has 2 rings (SSSR count). The SMILES string of the molecule is O=C(Nc1ccc(O)cc1)N1CCCC1. The van der Waals surface area contributed by atoms with Crippen molar-refractivity contribution >= 4 is 11.7 Å². The number of nitrogens with one attached hydrogen (secondary N) is 1. The van der Waals surface area contributed by atoms with Crippen LogP contribution in [0.5, 0.6) is 5.75 Å². The van der Waals surface area contributed by atoms with Gasteiger partial charge in [0.2, 0.25) is 0 Å². The first kappa shape index (κ1) is 9.83. The normalized spacial score (nSPS) is 15.3. The molecule has 2 amide bonds. The number of hydrogen-bond donors (Lipinski definition) is 2. The number of benzene rings is 1. The molecule has 0 spiro atoms. The molecular formula is C11H14N2O2. The van der Waals surface area contributed by atoms with Gasteiger partial charge in [-0.3, -0.25) is 0 Å². The molecule has 1 aliphatic heterocycles. The second-order valence-electron chi connectivity index (χ2n) is 3.67. The number of urea groups is 1. The van der Waals surface area contributed by atoms with E-state index in [1.807, 2.05) is 0 Å². The van der Waals surface area contributed by atoms with E-state index in [-0.39, 0.29) is 11.8 Å². The lowest BCUT2D eigenvalue weighted by molar-refractivity contribution is 0.222. The third kappa shape index (κ3) is 2.40. The summed E-state index contributed by atoms with van der Waals surface area (Å²) in [4.78, 5) is 13.5. The molecule has 0 bridgehead atoms. The summed E-state index contributed by atoms with van der Waals surface area (Å²) in [6.07, 6.45) is 2.17. The quantitative estimate of drug-likeness (QED) is 0.691. The zero-order chi connectivity index (χ0) is 10.7. The van der Waals surface area contributed by atoms with Crippen molar-refractivity contribution in [1.29, 1.82) is 0 Å². The van der Waals surface area contributed by atoms with Gasteiger partial charge >= 0.3 is 6.03 Å². The summed E-state index contributed by atoms with van der Waals surface area (Å²) in [6, 6.07) is 6.42. The van der Waals surface area contributed by atoms with Crippen molar-refractivity contribution in [1.82, 2.24) is 4.90 Å². The maximum atomic E-state index is 11.7. The first-order valence-electron chi connectivity index (χ1n) is 5.11. The average Bonchev–Trinajstić information content (AvgIpc) is 2.74. The van der Waals surface area contributed by atoms with Crippen LogP contribution >= 0.6 is 0 Å². The third-order valence-electron chi connectivity index (χ3n) is 2.51. The maximum absolute atomic E-state index is 11.7. The molecule has 0 saturated carbocycles. The smallest absolute Gasteiger partial charge is 0.321 e. The van der Waals surface area contributed by atoms with Gasteiger partial charge in [-0.2, -0.15) is 0 Å². The van der Waals surface area contributed by atoms with Crippen molar-refractivity contribution in [3.05, 3.63) is 24.3 Å². The molecule has 4 heteroatoms. The van der Waals surface area contributed by atoms with E-state index in [1.54, 1.807) is 29.2 Å². The summed E-state index contributed by atoms with van der Waals surface area (Å²) in [5.74, 6) is 0.203. The number of amides is 2. The van der Waals surface area contributed by atoms with Crippen LogP contribution in [0.3, 0.4) is 0 Å². The molecule has 15 heavy (non-hydrogen) atoms. The predicted molar refractivity (Wildman–Crippen MR) is 57.9 cm³/mol. The summed E-state index contributed by atoms with van der Waals surface area (Å²) in [5.41, 5.74) is 0.713. The van der Waals surface area contributed by atoms with Crippen LogP contribution in [0.4, 0.5) is 10.5 Å². The van der Waals surface area contributed by atoms with Gasteiger partial charge in [-0.1, -0.05) is 0 Å². The first-order valence-corrected chi connectivity index (χ1v) is 5.11. The van der Waals surface area contributed by atoms with Crippen LogP contribution in [0.25, 0.3) is 0 Å². The molecule has 0 aliphatic carbocycles. The Morgan fingerprint density at radius 3 is 2.40 bits per heavy atom.